The highest BCUT2D eigenvalue weighted by atomic mass is 16.3. The molecule has 2 N–H and O–H groups in total. The summed E-state index contributed by atoms with van der Waals surface area (Å²) >= 11 is 0. The van der Waals surface area contributed by atoms with E-state index in [2.05, 4.69) is 12.2 Å². The van der Waals surface area contributed by atoms with Gasteiger partial charge in [-0.3, -0.25) is 0 Å². The number of hydrogen-bond acceptors (Lipinski definition) is 3. The van der Waals surface area contributed by atoms with Crippen LogP contribution in [0.2, 0.25) is 0 Å². The standard InChI is InChI=1S/C13H23NO2/c1-6-13(5,15)8-14-10(3)12-7-9(2)16-11(12)4/h7,10,14-15H,6,8H2,1-5H3. The summed E-state index contributed by atoms with van der Waals surface area (Å²) in [6.07, 6.45) is 0.746. The van der Waals surface area contributed by atoms with Crippen LogP contribution in [0.4, 0.5) is 0 Å². The maximum absolute atomic E-state index is 9.91. The fraction of sp³-hybridized carbons (Fsp3) is 0.692. The Hall–Kier alpha value is -0.800. The zero-order valence-electron chi connectivity index (χ0n) is 10.9. The Morgan fingerprint density at radius 3 is 2.56 bits per heavy atom. The van der Waals surface area contributed by atoms with Gasteiger partial charge in [0.25, 0.3) is 0 Å². The minimum absolute atomic E-state index is 0.204. The molecule has 16 heavy (non-hydrogen) atoms. The summed E-state index contributed by atoms with van der Waals surface area (Å²) < 4.78 is 5.49. The molecule has 0 amide bonds. The lowest BCUT2D eigenvalue weighted by Crippen LogP contribution is -2.38. The second-order valence-corrected chi connectivity index (χ2v) is 4.82. The van der Waals surface area contributed by atoms with E-state index in [9.17, 15) is 5.11 Å². The summed E-state index contributed by atoms with van der Waals surface area (Å²) in [7, 11) is 0. The van der Waals surface area contributed by atoms with Gasteiger partial charge in [0, 0.05) is 18.2 Å². The van der Waals surface area contributed by atoms with Crippen LogP contribution in [0.15, 0.2) is 10.5 Å². The van der Waals surface area contributed by atoms with Gasteiger partial charge in [0.1, 0.15) is 11.5 Å². The molecule has 0 fully saturated rings. The predicted molar refractivity (Wildman–Crippen MR) is 65.5 cm³/mol. The van der Waals surface area contributed by atoms with E-state index < -0.39 is 5.60 Å². The number of aliphatic hydroxyl groups is 1. The molecule has 1 aromatic rings. The van der Waals surface area contributed by atoms with E-state index in [0.717, 1.165) is 17.9 Å². The van der Waals surface area contributed by atoms with Crippen molar-refractivity contribution in [3.05, 3.63) is 23.2 Å². The molecule has 0 bridgehead atoms. The van der Waals surface area contributed by atoms with Crippen LogP contribution >= 0.6 is 0 Å². The first-order chi connectivity index (χ1) is 7.35. The molecule has 3 heteroatoms. The van der Waals surface area contributed by atoms with Crippen LogP contribution in [0.1, 0.15) is 50.3 Å². The van der Waals surface area contributed by atoms with Gasteiger partial charge in [-0.15, -0.1) is 0 Å². The summed E-state index contributed by atoms with van der Waals surface area (Å²) in [6, 6.07) is 2.25. The summed E-state index contributed by atoms with van der Waals surface area (Å²) in [5.41, 5.74) is 0.533. The first-order valence-corrected chi connectivity index (χ1v) is 5.88. The van der Waals surface area contributed by atoms with Gasteiger partial charge >= 0.3 is 0 Å². The minimum atomic E-state index is -0.638. The van der Waals surface area contributed by atoms with Gasteiger partial charge in [-0.2, -0.15) is 0 Å². The van der Waals surface area contributed by atoms with E-state index in [1.807, 2.05) is 33.8 Å². The maximum Gasteiger partial charge on any atom is 0.105 e. The Kier molecular flexibility index (Phi) is 4.16. The first-order valence-electron chi connectivity index (χ1n) is 5.88. The highest BCUT2D eigenvalue weighted by Crippen LogP contribution is 2.21. The molecule has 0 aliphatic carbocycles. The smallest absolute Gasteiger partial charge is 0.105 e. The van der Waals surface area contributed by atoms with Gasteiger partial charge < -0.3 is 14.8 Å². The molecule has 1 heterocycles. The van der Waals surface area contributed by atoms with E-state index >= 15 is 0 Å². The Morgan fingerprint density at radius 2 is 2.12 bits per heavy atom. The first kappa shape index (κ1) is 13.3. The van der Waals surface area contributed by atoms with Gasteiger partial charge in [-0.1, -0.05) is 6.92 Å². The number of nitrogens with one attached hydrogen (secondary N) is 1. The summed E-state index contributed by atoms with van der Waals surface area (Å²) in [6.45, 7) is 10.4. The van der Waals surface area contributed by atoms with Crippen LogP contribution in [-0.4, -0.2) is 17.3 Å². The summed E-state index contributed by atoms with van der Waals surface area (Å²) in [5.74, 6) is 1.89. The molecular formula is C13H23NO2. The number of furan rings is 1. The van der Waals surface area contributed by atoms with Crippen LogP contribution in [0.5, 0.6) is 0 Å². The largest absolute Gasteiger partial charge is 0.466 e. The average molecular weight is 225 g/mol. The van der Waals surface area contributed by atoms with Crippen molar-refractivity contribution in [3.63, 3.8) is 0 Å². The monoisotopic (exact) mass is 225 g/mol. The van der Waals surface area contributed by atoms with Crippen LogP contribution in [0.25, 0.3) is 0 Å². The predicted octanol–water partition coefficient (Wildman–Crippen LogP) is 2.71. The Balaban J connectivity index is 2.59. The van der Waals surface area contributed by atoms with E-state index in [1.165, 1.54) is 5.56 Å². The topological polar surface area (TPSA) is 45.4 Å². The van der Waals surface area contributed by atoms with Crippen LogP contribution < -0.4 is 5.32 Å². The third kappa shape index (κ3) is 3.35. The second-order valence-electron chi connectivity index (χ2n) is 4.82. The van der Waals surface area contributed by atoms with Crippen molar-refractivity contribution >= 4 is 0 Å². The lowest BCUT2D eigenvalue weighted by atomic mass is 10.0. The van der Waals surface area contributed by atoms with Crippen molar-refractivity contribution in [2.45, 2.75) is 52.7 Å². The lowest BCUT2D eigenvalue weighted by Gasteiger charge is -2.24. The number of aryl methyl sites for hydroxylation is 2. The molecule has 2 unspecified atom stereocenters. The zero-order valence-corrected chi connectivity index (χ0v) is 10.9. The van der Waals surface area contributed by atoms with E-state index in [1.54, 1.807) is 0 Å². The molecule has 0 aromatic carbocycles. The molecule has 0 radical (unpaired) electrons. The molecule has 92 valence electrons. The summed E-state index contributed by atoms with van der Waals surface area (Å²) in [5, 5.41) is 13.2. The molecule has 0 spiro atoms. The van der Waals surface area contributed by atoms with Crippen molar-refractivity contribution in [2.24, 2.45) is 0 Å². The molecule has 1 rings (SSSR count). The zero-order chi connectivity index (χ0) is 12.3. The van der Waals surface area contributed by atoms with Gasteiger partial charge in [0.05, 0.1) is 5.60 Å². The van der Waals surface area contributed by atoms with Crippen LogP contribution in [0, 0.1) is 13.8 Å². The normalized spacial score (nSPS) is 17.1. The van der Waals surface area contributed by atoms with Gasteiger partial charge in [-0.25, -0.2) is 0 Å². The van der Waals surface area contributed by atoms with Gasteiger partial charge in [0.15, 0.2) is 0 Å². The van der Waals surface area contributed by atoms with Crippen LogP contribution in [-0.2, 0) is 0 Å². The van der Waals surface area contributed by atoms with Crippen molar-refractivity contribution in [1.82, 2.24) is 5.32 Å². The molecular weight excluding hydrogens is 202 g/mol. The molecule has 0 saturated heterocycles. The molecule has 0 saturated carbocycles. The van der Waals surface area contributed by atoms with Crippen molar-refractivity contribution in [2.75, 3.05) is 6.54 Å². The molecule has 0 aliphatic heterocycles. The number of hydrogen-bond donors (Lipinski definition) is 2. The van der Waals surface area contributed by atoms with Crippen LogP contribution in [0.3, 0.4) is 0 Å². The van der Waals surface area contributed by atoms with E-state index in [-0.39, 0.29) is 6.04 Å². The Bertz CT molecular complexity index is 342. The van der Waals surface area contributed by atoms with Crippen molar-refractivity contribution in [1.29, 1.82) is 0 Å². The molecule has 3 nitrogen and oxygen atoms in total. The molecule has 1 aromatic heterocycles. The molecule has 0 aliphatic rings. The highest BCUT2D eigenvalue weighted by Gasteiger charge is 2.20. The third-order valence-electron chi connectivity index (χ3n) is 3.10. The quantitative estimate of drug-likeness (QED) is 0.810. The van der Waals surface area contributed by atoms with E-state index in [4.69, 9.17) is 4.42 Å². The van der Waals surface area contributed by atoms with Gasteiger partial charge in [-0.05, 0) is 40.2 Å². The highest BCUT2D eigenvalue weighted by molar-refractivity contribution is 5.23. The molecule has 2 atom stereocenters. The van der Waals surface area contributed by atoms with Gasteiger partial charge in [0.2, 0.25) is 0 Å². The maximum atomic E-state index is 9.91. The second kappa shape index (κ2) is 5.02. The average Bonchev–Trinajstić information content (AvgIpc) is 2.54. The van der Waals surface area contributed by atoms with Crippen molar-refractivity contribution < 1.29 is 9.52 Å². The van der Waals surface area contributed by atoms with E-state index in [0.29, 0.717) is 6.54 Å². The van der Waals surface area contributed by atoms with Crippen molar-refractivity contribution in [3.8, 4) is 0 Å². The SMILES string of the molecule is CCC(C)(O)CNC(C)c1cc(C)oc1C. The Labute approximate surface area is 97.9 Å². The third-order valence-corrected chi connectivity index (χ3v) is 3.10. The fourth-order valence-corrected chi connectivity index (χ4v) is 1.69. The summed E-state index contributed by atoms with van der Waals surface area (Å²) in [4.78, 5) is 0. The lowest BCUT2D eigenvalue weighted by molar-refractivity contribution is 0.0533. The Morgan fingerprint density at radius 1 is 1.50 bits per heavy atom. The number of rotatable bonds is 5. The fourth-order valence-electron chi connectivity index (χ4n) is 1.69. The minimum Gasteiger partial charge on any atom is -0.466 e.